The highest BCUT2D eigenvalue weighted by Gasteiger charge is 2.28. The summed E-state index contributed by atoms with van der Waals surface area (Å²) >= 11 is 0. The summed E-state index contributed by atoms with van der Waals surface area (Å²) in [5, 5.41) is 5.52. The minimum Gasteiger partial charge on any atom is -0.466 e. The second kappa shape index (κ2) is 9.81. The van der Waals surface area contributed by atoms with Crippen LogP contribution in [0.2, 0.25) is 0 Å². The summed E-state index contributed by atoms with van der Waals surface area (Å²) < 4.78 is 22.2. The molecule has 0 atom stereocenters. The van der Waals surface area contributed by atoms with Crippen LogP contribution in [-0.4, -0.2) is 40.8 Å². The van der Waals surface area contributed by atoms with E-state index in [0.29, 0.717) is 55.0 Å². The predicted octanol–water partition coefficient (Wildman–Crippen LogP) is 3.75. The number of amides is 2. The summed E-state index contributed by atoms with van der Waals surface area (Å²) in [6.07, 6.45) is 1.25. The van der Waals surface area contributed by atoms with Crippen molar-refractivity contribution in [3.8, 4) is 0 Å². The Hall–Kier alpha value is -3.82. The van der Waals surface area contributed by atoms with E-state index >= 15 is 0 Å². The standard InChI is InChI=1S/C25H30FN5O4/c1-5-35-23(32)16-8-10-31(11-9-16)20-14-22-21(29(3)25(34)30(22)4)13-19(20)28-24(33)27-17-7-6-15(2)18(26)12-17/h6-7,12-14,16H,5,8-11H2,1-4H3,(H2,27,28,33). The number of hydrogen-bond acceptors (Lipinski definition) is 5. The molecule has 1 aliphatic heterocycles. The van der Waals surface area contributed by atoms with Gasteiger partial charge in [-0.3, -0.25) is 13.9 Å². The van der Waals surface area contributed by atoms with Gasteiger partial charge in [-0.25, -0.2) is 14.0 Å². The van der Waals surface area contributed by atoms with Gasteiger partial charge in [0.05, 0.1) is 34.9 Å². The number of imidazole rings is 1. The van der Waals surface area contributed by atoms with Crippen molar-refractivity contribution in [2.45, 2.75) is 26.7 Å². The zero-order valence-corrected chi connectivity index (χ0v) is 20.4. The van der Waals surface area contributed by atoms with Crippen molar-refractivity contribution in [1.29, 1.82) is 0 Å². The molecule has 0 spiro atoms. The first-order valence-electron chi connectivity index (χ1n) is 11.6. The highest BCUT2D eigenvalue weighted by molar-refractivity contribution is 6.04. The molecular weight excluding hydrogens is 453 g/mol. The molecule has 9 nitrogen and oxygen atoms in total. The average Bonchev–Trinajstić information content (AvgIpc) is 3.04. The Kier molecular flexibility index (Phi) is 6.81. The summed E-state index contributed by atoms with van der Waals surface area (Å²) in [7, 11) is 3.38. The lowest BCUT2D eigenvalue weighted by molar-refractivity contribution is -0.148. The number of ether oxygens (including phenoxy) is 1. The van der Waals surface area contributed by atoms with Gasteiger partial charge in [0.25, 0.3) is 0 Å². The van der Waals surface area contributed by atoms with Crippen LogP contribution in [0.15, 0.2) is 35.1 Å². The van der Waals surface area contributed by atoms with Crippen LogP contribution in [0.4, 0.5) is 26.2 Å². The van der Waals surface area contributed by atoms with Gasteiger partial charge in [-0.2, -0.15) is 0 Å². The molecule has 0 bridgehead atoms. The average molecular weight is 484 g/mol. The number of nitrogens with one attached hydrogen (secondary N) is 2. The molecule has 1 aliphatic rings. The van der Waals surface area contributed by atoms with E-state index < -0.39 is 11.8 Å². The minimum absolute atomic E-state index is 0.160. The van der Waals surface area contributed by atoms with E-state index in [4.69, 9.17) is 4.74 Å². The molecule has 2 N–H and O–H groups in total. The molecule has 10 heteroatoms. The lowest BCUT2D eigenvalue weighted by atomic mass is 9.96. The van der Waals surface area contributed by atoms with Gasteiger partial charge in [0.15, 0.2) is 0 Å². The number of urea groups is 1. The van der Waals surface area contributed by atoms with Gasteiger partial charge in [-0.15, -0.1) is 0 Å². The third-order valence-corrected chi connectivity index (χ3v) is 6.52. The monoisotopic (exact) mass is 483 g/mol. The Morgan fingerprint density at radius 1 is 1.06 bits per heavy atom. The number of carbonyl (C=O) groups excluding carboxylic acids is 2. The van der Waals surface area contributed by atoms with Crippen molar-refractivity contribution >= 4 is 40.1 Å². The van der Waals surface area contributed by atoms with Crippen molar-refractivity contribution in [1.82, 2.24) is 9.13 Å². The molecule has 0 aliphatic carbocycles. The molecule has 3 aromatic rings. The van der Waals surface area contributed by atoms with Crippen LogP contribution in [0, 0.1) is 18.7 Å². The van der Waals surface area contributed by atoms with Crippen LogP contribution in [0.5, 0.6) is 0 Å². The van der Waals surface area contributed by atoms with Crippen molar-refractivity contribution in [3.63, 3.8) is 0 Å². The van der Waals surface area contributed by atoms with Gasteiger partial charge >= 0.3 is 17.7 Å². The molecule has 0 radical (unpaired) electrons. The number of piperidine rings is 1. The molecule has 0 unspecified atom stereocenters. The summed E-state index contributed by atoms with van der Waals surface area (Å²) in [5.41, 5.74) is 3.29. The minimum atomic E-state index is -0.531. The lowest BCUT2D eigenvalue weighted by Gasteiger charge is -2.34. The lowest BCUT2D eigenvalue weighted by Crippen LogP contribution is -2.37. The number of hydrogen-bond donors (Lipinski definition) is 2. The van der Waals surface area contributed by atoms with Crippen molar-refractivity contribution in [3.05, 3.63) is 52.2 Å². The van der Waals surface area contributed by atoms with E-state index in [1.54, 1.807) is 50.7 Å². The SMILES string of the molecule is CCOC(=O)C1CCN(c2cc3c(cc2NC(=O)Nc2ccc(C)c(F)c2)n(C)c(=O)n3C)CC1. The molecular formula is C25H30FN5O4. The van der Waals surface area contributed by atoms with E-state index in [2.05, 4.69) is 15.5 Å². The molecule has 0 saturated carbocycles. The van der Waals surface area contributed by atoms with Crippen LogP contribution in [0.3, 0.4) is 0 Å². The van der Waals surface area contributed by atoms with Crippen LogP contribution < -0.4 is 21.2 Å². The number of aromatic nitrogens is 2. The third-order valence-electron chi connectivity index (χ3n) is 6.52. The molecule has 35 heavy (non-hydrogen) atoms. The van der Waals surface area contributed by atoms with Crippen LogP contribution >= 0.6 is 0 Å². The van der Waals surface area contributed by atoms with Gasteiger partial charge in [-0.05, 0) is 56.5 Å². The zero-order chi connectivity index (χ0) is 25.3. The quantitative estimate of drug-likeness (QED) is 0.539. The Morgan fingerprint density at radius 3 is 2.34 bits per heavy atom. The van der Waals surface area contributed by atoms with E-state index in [1.165, 1.54) is 10.6 Å². The molecule has 2 heterocycles. The van der Waals surface area contributed by atoms with E-state index in [9.17, 15) is 18.8 Å². The summed E-state index contributed by atoms with van der Waals surface area (Å²) in [4.78, 5) is 39.6. The summed E-state index contributed by atoms with van der Waals surface area (Å²) in [5.74, 6) is -0.753. The van der Waals surface area contributed by atoms with Crippen LogP contribution in [-0.2, 0) is 23.6 Å². The molecule has 1 aromatic heterocycles. The van der Waals surface area contributed by atoms with Gasteiger partial charge in [0.1, 0.15) is 5.82 Å². The van der Waals surface area contributed by atoms with Gasteiger partial charge in [0, 0.05) is 32.9 Å². The number of nitrogens with zero attached hydrogens (tertiary/aromatic N) is 3. The van der Waals surface area contributed by atoms with E-state index in [0.717, 1.165) is 11.2 Å². The fourth-order valence-corrected chi connectivity index (χ4v) is 4.47. The Morgan fingerprint density at radius 2 is 1.71 bits per heavy atom. The van der Waals surface area contributed by atoms with Crippen LogP contribution in [0.25, 0.3) is 11.0 Å². The second-order valence-corrected chi connectivity index (χ2v) is 8.82. The number of anilines is 3. The third kappa shape index (κ3) is 4.87. The van der Waals surface area contributed by atoms with Crippen molar-refractivity contribution in [2.75, 3.05) is 35.2 Å². The first kappa shape index (κ1) is 24.3. The van der Waals surface area contributed by atoms with E-state index in [-0.39, 0.29) is 17.6 Å². The number of esters is 1. The van der Waals surface area contributed by atoms with Crippen molar-refractivity contribution < 1.29 is 18.7 Å². The summed E-state index contributed by atoms with van der Waals surface area (Å²) in [6, 6.07) is 7.59. The molecule has 4 rings (SSSR count). The Labute approximate surface area is 202 Å². The maximum atomic E-state index is 13.9. The fourth-order valence-electron chi connectivity index (χ4n) is 4.47. The Bertz CT molecular complexity index is 1340. The number of aryl methyl sites for hydroxylation is 3. The zero-order valence-electron chi connectivity index (χ0n) is 20.4. The maximum Gasteiger partial charge on any atom is 0.328 e. The number of benzene rings is 2. The second-order valence-electron chi connectivity index (χ2n) is 8.82. The van der Waals surface area contributed by atoms with E-state index in [1.807, 2.05) is 6.07 Å². The number of fused-ring (bicyclic) bond motifs is 1. The predicted molar refractivity (Wildman–Crippen MR) is 134 cm³/mol. The largest absolute Gasteiger partial charge is 0.466 e. The molecule has 186 valence electrons. The van der Waals surface area contributed by atoms with Gasteiger partial charge in [-0.1, -0.05) is 6.07 Å². The molecule has 1 fully saturated rings. The highest BCUT2D eigenvalue weighted by Crippen LogP contribution is 2.34. The number of carbonyl (C=O) groups is 2. The number of halogens is 1. The summed E-state index contributed by atoms with van der Waals surface area (Å²) in [6.45, 7) is 4.98. The van der Waals surface area contributed by atoms with Gasteiger partial charge in [0.2, 0.25) is 0 Å². The normalized spacial score (nSPS) is 14.3. The Balaban J connectivity index is 1.63. The molecule has 2 amide bonds. The molecule has 1 saturated heterocycles. The van der Waals surface area contributed by atoms with Crippen LogP contribution in [0.1, 0.15) is 25.3 Å². The smallest absolute Gasteiger partial charge is 0.328 e. The molecule has 2 aromatic carbocycles. The maximum absolute atomic E-state index is 13.9. The number of rotatable bonds is 5. The highest BCUT2D eigenvalue weighted by atomic mass is 19.1. The fraction of sp³-hybridized carbons (Fsp3) is 0.400. The topological polar surface area (TPSA) is 97.6 Å². The van der Waals surface area contributed by atoms with Crippen molar-refractivity contribution in [2.24, 2.45) is 20.0 Å². The van der Waals surface area contributed by atoms with Gasteiger partial charge < -0.3 is 20.3 Å². The first-order valence-corrected chi connectivity index (χ1v) is 11.6. The first-order chi connectivity index (χ1) is 16.7.